The highest BCUT2D eigenvalue weighted by atomic mass is 79.9. The summed E-state index contributed by atoms with van der Waals surface area (Å²) in [6.45, 7) is 3.70. The molecule has 0 bridgehead atoms. The van der Waals surface area contributed by atoms with Crippen molar-refractivity contribution in [2.24, 2.45) is 0 Å². The molecule has 0 aliphatic rings. The number of rotatable bonds is 2. The van der Waals surface area contributed by atoms with E-state index in [-0.39, 0.29) is 5.56 Å². The Labute approximate surface area is 119 Å². The Bertz CT molecular complexity index is 640. The molecule has 0 spiro atoms. The molecule has 0 unspecified atom stereocenters. The predicted octanol–water partition coefficient (Wildman–Crippen LogP) is 4.46. The normalized spacial score (nSPS) is 10.3. The second kappa shape index (κ2) is 5.53. The Hall–Kier alpha value is -1.68. The van der Waals surface area contributed by atoms with Crippen LogP contribution in [0.3, 0.4) is 0 Å². The first kappa shape index (κ1) is 13.7. The van der Waals surface area contributed by atoms with Gasteiger partial charge in [0.05, 0.1) is 11.3 Å². The molecule has 1 amide bonds. The van der Waals surface area contributed by atoms with Crippen LogP contribution in [0.4, 0.5) is 10.1 Å². The van der Waals surface area contributed by atoms with Crippen LogP contribution in [0.25, 0.3) is 0 Å². The molecule has 2 aromatic carbocycles. The third kappa shape index (κ3) is 3.20. The van der Waals surface area contributed by atoms with Crippen molar-refractivity contribution in [2.45, 2.75) is 13.8 Å². The Morgan fingerprint density at radius 3 is 2.42 bits per heavy atom. The van der Waals surface area contributed by atoms with Gasteiger partial charge in [0.25, 0.3) is 5.91 Å². The van der Waals surface area contributed by atoms with Crippen molar-refractivity contribution >= 4 is 27.5 Å². The van der Waals surface area contributed by atoms with E-state index < -0.39 is 11.7 Å². The molecule has 0 aliphatic heterocycles. The van der Waals surface area contributed by atoms with Gasteiger partial charge < -0.3 is 5.32 Å². The summed E-state index contributed by atoms with van der Waals surface area (Å²) in [5, 5.41) is 2.70. The summed E-state index contributed by atoms with van der Waals surface area (Å²) in [5.74, 6) is -0.968. The van der Waals surface area contributed by atoms with Crippen molar-refractivity contribution in [3.05, 3.63) is 63.4 Å². The smallest absolute Gasteiger partial charge is 0.258 e. The molecule has 0 saturated carbocycles. The lowest BCUT2D eigenvalue weighted by Gasteiger charge is -2.09. The van der Waals surface area contributed by atoms with Crippen LogP contribution in [0, 0.1) is 19.7 Å². The van der Waals surface area contributed by atoms with E-state index in [2.05, 4.69) is 21.2 Å². The number of halogens is 2. The number of nitrogens with one attached hydrogen (secondary N) is 1. The molecule has 4 heteroatoms. The van der Waals surface area contributed by atoms with Gasteiger partial charge in [-0.3, -0.25) is 4.79 Å². The van der Waals surface area contributed by atoms with Gasteiger partial charge >= 0.3 is 0 Å². The molecule has 98 valence electrons. The van der Waals surface area contributed by atoms with Gasteiger partial charge in [-0.1, -0.05) is 12.1 Å². The van der Waals surface area contributed by atoms with E-state index in [0.717, 1.165) is 15.6 Å². The van der Waals surface area contributed by atoms with E-state index in [1.165, 1.54) is 12.1 Å². The summed E-state index contributed by atoms with van der Waals surface area (Å²) in [5.41, 5.74) is 2.47. The molecule has 0 aliphatic carbocycles. The molecule has 19 heavy (non-hydrogen) atoms. The Balaban J connectivity index is 2.28. The van der Waals surface area contributed by atoms with E-state index in [4.69, 9.17) is 0 Å². The molecule has 1 N–H and O–H groups in total. The van der Waals surface area contributed by atoms with Crippen LogP contribution in [-0.4, -0.2) is 5.91 Å². The zero-order valence-corrected chi connectivity index (χ0v) is 12.2. The third-order valence-electron chi connectivity index (χ3n) is 2.74. The molecular weight excluding hydrogens is 309 g/mol. The Morgan fingerprint density at radius 2 is 1.74 bits per heavy atom. The van der Waals surface area contributed by atoms with Crippen molar-refractivity contribution in [3.63, 3.8) is 0 Å². The fourth-order valence-corrected chi connectivity index (χ4v) is 2.07. The van der Waals surface area contributed by atoms with Gasteiger partial charge in [0.15, 0.2) is 0 Å². The maximum absolute atomic E-state index is 13.7. The van der Waals surface area contributed by atoms with E-state index in [1.807, 2.05) is 25.1 Å². The first-order valence-corrected chi connectivity index (χ1v) is 6.60. The first-order chi connectivity index (χ1) is 8.97. The van der Waals surface area contributed by atoms with Gasteiger partial charge in [-0.05, 0) is 65.2 Å². The first-order valence-electron chi connectivity index (χ1n) is 5.81. The summed E-state index contributed by atoms with van der Waals surface area (Å²) >= 11 is 3.35. The van der Waals surface area contributed by atoms with Crippen LogP contribution in [0.5, 0.6) is 0 Å². The molecule has 0 fully saturated rings. The second-order valence-electron chi connectivity index (χ2n) is 4.42. The molecule has 2 aromatic rings. The van der Waals surface area contributed by atoms with Crippen LogP contribution in [0.15, 0.2) is 40.9 Å². The molecule has 0 saturated heterocycles. The summed E-state index contributed by atoms with van der Waals surface area (Å²) in [6.07, 6.45) is 0. The van der Waals surface area contributed by atoms with Crippen LogP contribution in [-0.2, 0) is 0 Å². The summed E-state index contributed by atoms with van der Waals surface area (Å²) in [4.78, 5) is 12.0. The monoisotopic (exact) mass is 321 g/mol. The van der Waals surface area contributed by atoms with Gasteiger partial charge in [-0.25, -0.2) is 4.39 Å². The van der Waals surface area contributed by atoms with Crippen molar-refractivity contribution in [1.29, 1.82) is 0 Å². The van der Waals surface area contributed by atoms with E-state index in [0.29, 0.717) is 5.69 Å². The van der Waals surface area contributed by atoms with Crippen LogP contribution in [0.1, 0.15) is 21.5 Å². The van der Waals surface area contributed by atoms with Gasteiger partial charge in [-0.15, -0.1) is 0 Å². The van der Waals surface area contributed by atoms with Gasteiger partial charge in [0.2, 0.25) is 0 Å². The second-order valence-corrected chi connectivity index (χ2v) is 5.28. The predicted molar refractivity (Wildman–Crippen MR) is 78.0 cm³/mol. The maximum atomic E-state index is 13.7. The number of carbonyl (C=O) groups excluding carboxylic acids is 1. The third-order valence-corrected chi connectivity index (χ3v) is 3.43. The highest BCUT2D eigenvalue weighted by Crippen LogP contribution is 2.24. The summed E-state index contributed by atoms with van der Waals surface area (Å²) in [7, 11) is 0. The molecule has 2 nitrogen and oxygen atoms in total. The van der Waals surface area contributed by atoms with Crippen molar-refractivity contribution in [3.8, 4) is 0 Å². The van der Waals surface area contributed by atoms with E-state index in [9.17, 15) is 9.18 Å². The SMILES string of the molecule is Cc1ccc(C(=O)Nc2cc(C)ccc2Br)c(F)c1. The molecule has 0 heterocycles. The minimum atomic E-state index is -0.513. The Morgan fingerprint density at radius 1 is 1.11 bits per heavy atom. The number of carbonyl (C=O) groups is 1. The Kier molecular flexibility index (Phi) is 4.00. The fraction of sp³-hybridized carbons (Fsp3) is 0.133. The van der Waals surface area contributed by atoms with Crippen molar-refractivity contribution in [2.75, 3.05) is 5.32 Å². The van der Waals surface area contributed by atoms with Gasteiger partial charge in [0, 0.05) is 4.47 Å². The minimum Gasteiger partial charge on any atom is -0.321 e. The zero-order chi connectivity index (χ0) is 14.0. The molecular formula is C15H13BrFNO. The lowest BCUT2D eigenvalue weighted by Crippen LogP contribution is -2.14. The standard InChI is InChI=1S/C15H13BrFNO/c1-9-3-5-11(13(17)7-9)15(19)18-14-8-10(2)4-6-12(14)16/h3-8H,1-2H3,(H,18,19). The quantitative estimate of drug-likeness (QED) is 0.869. The number of benzene rings is 2. The van der Waals surface area contributed by atoms with Crippen molar-refractivity contribution < 1.29 is 9.18 Å². The number of anilines is 1. The van der Waals surface area contributed by atoms with Crippen LogP contribution < -0.4 is 5.32 Å². The lowest BCUT2D eigenvalue weighted by molar-refractivity contribution is 0.102. The molecule has 0 atom stereocenters. The van der Waals surface area contributed by atoms with Crippen LogP contribution >= 0.6 is 15.9 Å². The maximum Gasteiger partial charge on any atom is 0.258 e. The van der Waals surface area contributed by atoms with Crippen molar-refractivity contribution in [1.82, 2.24) is 0 Å². The minimum absolute atomic E-state index is 0.0407. The fourth-order valence-electron chi connectivity index (χ4n) is 1.73. The summed E-state index contributed by atoms with van der Waals surface area (Å²) in [6, 6.07) is 10.1. The van der Waals surface area contributed by atoms with E-state index in [1.54, 1.807) is 13.0 Å². The zero-order valence-electron chi connectivity index (χ0n) is 10.6. The average Bonchev–Trinajstić information content (AvgIpc) is 2.33. The van der Waals surface area contributed by atoms with Gasteiger partial charge in [0.1, 0.15) is 5.82 Å². The summed E-state index contributed by atoms with van der Waals surface area (Å²) < 4.78 is 14.5. The highest BCUT2D eigenvalue weighted by molar-refractivity contribution is 9.10. The number of amides is 1. The van der Waals surface area contributed by atoms with Gasteiger partial charge in [-0.2, -0.15) is 0 Å². The van der Waals surface area contributed by atoms with Crippen LogP contribution in [0.2, 0.25) is 0 Å². The largest absolute Gasteiger partial charge is 0.321 e. The number of hydrogen-bond acceptors (Lipinski definition) is 1. The topological polar surface area (TPSA) is 29.1 Å². The highest BCUT2D eigenvalue weighted by Gasteiger charge is 2.13. The number of hydrogen-bond donors (Lipinski definition) is 1. The molecule has 0 aromatic heterocycles. The molecule has 0 radical (unpaired) electrons. The lowest BCUT2D eigenvalue weighted by atomic mass is 10.1. The molecule has 2 rings (SSSR count). The number of aryl methyl sites for hydroxylation is 2. The average molecular weight is 322 g/mol. The van der Waals surface area contributed by atoms with E-state index >= 15 is 0 Å².